The number of nitrogens with zero attached hydrogens (tertiary/aromatic N) is 2. The summed E-state index contributed by atoms with van der Waals surface area (Å²) in [6.07, 6.45) is 4.70. The molecule has 0 fully saturated rings. The first-order chi connectivity index (χ1) is 9.66. The molecule has 0 atom stereocenters. The zero-order chi connectivity index (χ0) is 14.4. The Bertz CT molecular complexity index is 606. The highest BCUT2D eigenvalue weighted by atomic mass is 16.2. The second-order valence-corrected chi connectivity index (χ2v) is 4.50. The first-order valence-electron chi connectivity index (χ1n) is 6.59. The number of rotatable bonds is 6. The lowest BCUT2D eigenvalue weighted by Crippen LogP contribution is -2.33. The monoisotopic (exact) mass is 274 g/mol. The topological polar surface area (TPSA) is 75.5 Å². The molecule has 2 N–H and O–H groups in total. The van der Waals surface area contributed by atoms with Crippen LogP contribution in [0.15, 0.2) is 30.6 Å². The van der Waals surface area contributed by atoms with Crippen molar-refractivity contribution in [3.05, 3.63) is 36.4 Å². The van der Waals surface area contributed by atoms with E-state index in [1.807, 2.05) is 28.8 Å². The van der Waals surface area contributed by atoms with Crippen LogP contribution in [0.1, 0.15) is 19.2 Å². The molecule has 0 spiro atoms. The van der Waals surface area contributed by atoms with Crippen molar-refractivity contribution in [3.63, 3.8) is 0 Å². The first-order valence-corrected chi connectivity index (χ1v) is 6.59. The van der Waals surface area contributed by atoms with Crippen LogP contribution in [-0.2, 0) is 16.0 Å². The highest BCUT2D eigenvalue weighted by molar-refractivity contribution is 5.76. The van der Waals surface area contributed by atoms with Crippen molar-refractivity contribution in [1.29, 1.82) is 0 Å². The fourth-order valence-corrected chi connectivity index (χ4v) is 1.94. The molecule has 2 heterocycles. The molecule has 2 rings (SSSR count). The molecular weight excluding hydrogens is 256 g/mol. The van der Waals surface area contributed by atoms with E-state index in [1.165, 1.54) is 6.92 Å². The minimum absolute atomic E-state index is 0.0389. The Kier molecular flexibility index (Phi) is 4.70. The largest absolute Gasteiger partial charge is 0.355 e. The van der Waals surface area contributed by atoms with Crippen molar-refractivity contribution in [2.45, 2.75) is 19.8 Å². The summed E-state index contributed by atoms with van der Waals surface area (Å²) >= 11 is 0. The van der Waals surface area contributed by atoms with Gasteiger partial charge in [-0.05, 0) is 12.1 Å². The van der Waals surface area contributed by atoms with Gasteiger partial charge in [0.2, 0.25) is 11.8 Å². The van der Waals surface area contributed by atoms with Gasteiger partial charge in [0.1, 0.15) is 5.82 Å². The minimum atomic E-state index is -0.0943. The van der Waals surface area contributed by atoms with Gasteiger partial charge in [0.25, 0.3) is 0 Å². The van der Waals surface area contributed by atoms with Crippen LogP contribution >= 0.6 is 0 Å². The summed E-state index contributed by atoms with van der Waals surface area (Å²) < 4.78 is 1.98. The van der Waals surface area contributed by atoms with Gasteiger partial charge < -0.3 is 15.0 Å². The van der Waals surface area contributed by atoms with Crippen LogP contribution in [0.5, 0.6) is 0 Å². The Balaban J connectivity index is 1.77. The van der Waals surface area contributed by atoms with Gasteiger partial charge >= 0.3 is 0 Å². The minimum Gasteiger partial charge on any atom is -0.355 e. The number of imidazole rings is 1. The maximum absolute atomic E-state index is 11.7. The maximum atomic E-state index is 11.7. The van der Waals surface area contributed by atoms with Crippen LogP contribution in [0.2, 0.25) is 0 Å². The predicted molar refractivity (Wildman–Crippen MR) is 75.2 cm³/mol. The zero-order valence-corrected chi connectivity index (χ0v) is 11.4. The Morgan fingerprint density at radius 2 is 2.05 bits per heavy atom. The van der Waals surface area contributed by atoms with Gasteiger partial charge in [-0.25, -0.2) is 4.98 Å². The van der Waals surface area contributed by atoms with E-state index in [2.05, 4.69) is 15.6 Å². The molecule has 2 amide bonds. The average molecular weight is 274 g/mol. The average Bonchev–Trinajstić information content (AvgIpc) is 2.84. The van der Waals surface area contributed by atoms with Crippen LogP contribution < -0.4 is 10.6 Å². The summed E-state index contributed by atoms with van der Waals surface area (Å²) in [7, 11) is 0. The van der Waals surface area contributed by atoms with Crippen molar-refractivity contribution >= 4 is 17.3 Å². The third-order valence-electron chi connectivity index (χ3n) is 2.91. The van der Waals surface area contributed by atoms with Gasteiger partial charge in [0, 0.05) is 39.1 Å². The summed E-state index contributed by atoms with van der Waals surface area (Å²) in [6.45, 7) is 2.35. The van der Waals surface area contributed by atoms with Gasteiger partial charge in [-0.2, -0.15) is 0 Å². The fourth-order valence-electron chi connectivity index (χ4n) is 1.94. The van der Waals surface area contributed by atoms with Crippen molar-refractivity contribution < 1.29 is 9.59 Å². The van der Waals surface area contributed by atoms with Crippen molar-refractivity contribution in [3.8, 4) is 0 Å². The Morgan fingerprint density at radius 3 is 2.85 bits per heavy atom. The lowest BCUT2D eigenvalue weighted by atomic mass is 10.3. The van der Waals surface area contributed by atoms with Crippen LogP contribution in [0.3, 0.4) is 0 Å². The van der Waals surface area contributed by atoms with E-state index in [-0.39, 0.29) is 11.8 Å². The smallest absolute Gasteiger partial charge is 0.220 e. The van der Waals surface area contributed by atoms with Gasteiger partial charge in [0.15, 0.2) is 0 Å². The zero-order valence-electron chi connectivity index (χ0n) is 11.4. The lowest BCUT2D eigenvalue weighted by molar-refractivity contribution is -0.122. The van der Waals surface area contributed by atoms with E-state index in [0.717, 1.165) is 11.3 Å². The number of carbonyl (C=O) groups excluding carboxylic acids is 2. The van der Waals surface area contributed by atoms with Gasteiger partial charge in [0.05, 0.1) is 11.7 Å². The number of amides is 2. The standard InChI is InChI=1S/C14H18N4O2/c1-11(19)15-7-8-16-14(20)6-5-13-17-10-12-4-2-3-9-18(12)13/h2-4,9-10H,5-8H2,1H3,(H,15,19)(H,16,20). The molecule has 0 aromatic carbocycles. The molecule has 0 aliphatic heterocycles. The number of fused-ring (bicyclic) bond motifs is 1. The summed E-state index contributed by atoms with van der Waals surface area (Å²) in [6, 6.07) is 5.87. The summed E-state index contributed by atoms with van der Waals surface area (Å²) in [4.78, 5) is 26.6. The third-order valence-corrected chi connectivity index (χ3v) is 2.91. The molecule has 0 aliphatic rings. The molecule has 0 radical (unpaired) electrons. The number of pyridine rings is 1. The van der Waals surface area contributed by atoms with Crippen LogP contribution in [-0.4, -0.2) is 34.3 Å². The highest BCUT2D eigenvalue weighted by Crippen LogP contribution is 2.07. The maximum Gasteiger partial charge on any atom is 0.220 e. The van der Waals surface area contributed by atoms with E-state index < -0.39 is 0 Å². The number of hydrogen-bond donors (Lipinski definition) is 2. The number of aryl methyl sites for hydroxylation is 1. The van der Waals surface area contributed by atoms with Crippen molar-refractivity contribution in [2.24, 2.45) is 0 Å². The number of aromatic nitrogens is 2. The molecular formula is C14H18N4O2. The molecule has 0 saturated carbocycles. The Labute approximate surface area is 117 Å². The van der Waals surface area contributed by atoms with E-state index >= 15 is 0 Å². The van der Waals surface area contributed by atoms with Crippen LogP contribution in [0, 0.1) is 0 Å². The first kappa shape index (κ1) is 14.0. The predicted octanol–water partition coefficient (Wildman–Crippen LogP) is 0.519. The highest BCUT2D eigenvalue weighted by Gasteiger charge is 2.06. The Hall–Kier alpha value is -2.37. The van der Waals surface area contributed by atoms with Crippen molar-refractivity contribution in [1.82, 2.24) is 20.0 Å². The molecule has 0 unspecified atom stereocenters. The van der Waals surface area contributed by atoms with E-state index in [1.54, 1.807) is 6.20 Å². The molecule has 2 aromatic rings. The van der Waals surface area contributed by atoms with E-state index in [4.69, 9.17) is 0 Å². The molecule has 20 heavy (non-hydrogen) atoms. The molecule has 106 valence electrons. The van der Waals surface area contributed by atoms with Crippen LogP contribution in [0.4, 0.5) is 0 Å². The van der Waals surface area contributed by atoms with E-state index in [0.29, 0.717) is 25.9 Å². The second-order valence-electron chi connectivity index (χ2n) is 4.50. The normalized spacial score (nSPS) is 10.4. The third kappa shape index (κ3) is 3.81. The van der Waals surface area contributed by atoms with Gasteiger partial charge in [-0.3, -0.25) is 9.59 Å². The van der Waals surface area contributed by atoms with Crippen LogP contribution in [0.25, 0.3) is 5.52 Å². The summed E-state index contributed by atoms with van der Waals surface area (Å²) in [5.74, 6) is 0.740. The fraction of sp³-hybridized carbons (Fsp3) is 0.357. The second kappa shape index (κ2) is 6.70. The molecule has 0 aliphatic carbocycles. The van der Waals surface area contributed by atoms with Gasteiger partial charge in [-0.15, -0.1) is 0 Å². The van der Waals surface area contributed by atoms with Gasteiger partial charge in [-0.1, -0.05) is 6.07 Å². The quantitative estimate of drug-likeness (QED) is 0.754. The van der Waals surface area contributed by atoms with Crippen molar-refractivity contribution in [2.75, 3.05) is 13.1 Å². The molecule has 6 nitrogen and oxygen atoms in total. The molecule has 2 aromatic heterocycles. The lowest BCUT2D eigenvalue weighted by Gasteiger charge is -2.05. The summed E-state index contributed by atoms with van der Waals surface area (Å²) in [5, 5.41) is 5.38. The number of nitrogens with one attached hydrogen (secondary N) is 2. The number of carbonyl (C=O) groups is 2. The number of hydrogen-bond acceptors (Lipinski definition) is 3. The van der Waals surface area contributed by atoms with E-state index in [9.17, 15) is 9.59 Å². The molecule has 6 heteroatoms. The SMILES string of the molecule is CC(=O)NCCNC(=O)CCc1ncc2ccccn12. The molecule has 0 saturated heterocycles. The summed E-state index contributed by atoms with van der Waals surface area (Å²) in [5.41, 5.74) is 1.02. The molecule has 0 bridgehead atoms. The Morgan fingerprint density at radius 1 is 1.25 bits per heavy atom.